The second-order valence-electron chi connectivity index (χ2n) is 4.38. The van der Waals surface area contributed by atoms with E-state index < -0.39 is 0 Å². The molecule has 2 rings (SSSR count). The molecule has 1 aromatic rings. The standard InChI is InChI=1S/C12H17N3O2/c16-15(17)12-3-1-11(2-4-12)14-8-6-10-5-7-13-9-10/h1-4,10,13-14H,5-9H2. The average molecular weight is 235 g/mol. The van der Waals surface area contributed by atoms with Gasteiger partial charge < -0.3 is 10.6 Å². The van der Waals surface area contributed by atoms with Gasteiger partial charge in [0.15, 0.2) is 0 Å². The predicted octanol–water partition coefficient (Wildman–Crippen LogP) is 2.01. The van der Waals surface area contributed by atoms with E-state index in [-0.39, 0.29) is 10.6 Å². The number of nitro groups is 1. The molecule has 17 heavy (non-hydrogen) atoms. The van der Waals surface area contributed by atoms with Crippen molar-refractivity contribution in [1.29, 1.82) is 0 Å². The molecule has 1 aliphatic rings. The second kappa shape index (κ2) is 5.63. The third kappa shape index (κ3) is 3.42. The van der Waals surface area contributed by atoms with Gasteiger partial charge in [-0.2, -0.15) is 0 Å². The normalized spacial score (nSPS) is 19.2. The summed E-state index contributed by atoms with van der Waals surface area (Å²) in [5.41, 5.74) is 1.08. The van der Waals surface area contributed by atoms with E-state index in [0.29, 0.717) is 0 Å². The maximum atomic E-state index is 10.5. The smallest absolute Gasteiger partial charge is 0.269 e. The molecule has 1 heterocycles. The number of anilines is 1. The van der Waals surface area contributed by atoms with Crippen molar-refractivity contribution in [3.05, 3.63) is 34.4 Å². The highest BCUT2D eigenvalue weighted by atomic mass is 16.6. The highest BCUT2D eigenvalue weighted by Crippen LogP contribution is 2.16. The van der Waals surface area contributed by atoms with Gasteiger partial charge in [0.25, 0.3) is 5.69 Å². The van der Waals surface area contributed by atoms with E-state index in [4.69, 9.17) is 0 Å². The molecule has 0 aromatic heterocycles. The molecule has 1 saturated heterocycles. The first kappa shape index (κ1) is 11.9. The van der Waals surface area contributed by atoms with Crippen LogP contribution in [-0.4, -0.2) is 24.6 Å². The molecular weight excluding hydrogens is 218 g/mol. The van der Waals surface area contributed by atoms with Gasteiger partial charge in [-0.05, 0) is 44.0 Å². The van der Waals surface area contributed by atoms with Crippen LogP contribution in [0.3, 0.4) is 0 Å². The summed E-state index contributed by atoms with van der Waals surface area (Å²) < 4.78 is 0. The Morgan fingerprint density at radius 3 is 2.76 bits per heavy atom. The van der Waals surface area contributed by atoms with Gasteiger partial charge in [0.1, 0.15) is 0 Å². The Morgan fingerprint density at radius 1 is 1.41 bits per heavy atom. The number of hydrogen-bond acceptors (Lipinski definition) is 4. The molecule has 1 atom stereocenters. The second-order valence-corrected chi connectivity index (χ2v) is 4.38. The minimum absolute atomic E-state index is 0.135. The molecule has 0 saturated carbocycles. The number of benzene rings is 1. The SMILES string of the molecule is O=[N+]([O-])c1ccc(NCCC2CCNC2)cc1. The van der Waals surface area contributed by atoms with Crippen LogP contribution in [-0.2, 0) is 0 Å². The summed E-state index contributed by atoms with van der Waals surface area (Å²) in [4.78, 5) is 10.1. The summed E-state index contributed by atoms with van der Waals surface area (Å²) >= 11 is 0. The van der Waals surface area contributed by atoms with E-state index in [1.165, 1.54) is 18.6 Å². The summed E-state index contributed by atoms with van der Waals surface area (Å²) in [6.45, 7) is 3.16. The Balaban J connectivity index is 1.76. The highest BCUT2D eigenvalue weighted by molar-refractivity contribution is 5.48. The third-order valence-corrected chi connectivity index (χ3v) is 3.12. The fraction of sp³-hybridized carbons (Fsp3) is 0.500. The van der Waals surface area contributed by atoms with Crippen LogP contribution in [0.5, 0.6) is 0 Å². The molecule has 0 aliphatic carbocycles. The van der Waals surface area contributed by atoms with Crippen LogP contribution < -0.4 is 10.6 Å². The first-order valence-electron chi connectivity index (χ1n) is 5.95. The summed E-state index contributed by atoms with van der Waals surface area (Å²) in [6.07, 6.45) is 2.39. The summed E-state index contributed by atoms with van der Waals surface area (Å²) in [6, 6.07) is 6.56. The van der Waals surface area contributed by atoms with Gasteiger partial charge in [0.2, 0.25) is 0 Å². The van der Waals surface area contributed by atoms with E-state index in [1.807, 2.05) is 0 Å². The number of nitrogens with one attached hydrogen (secondary N) is 2. The quantitative estimate of drug-likeness (QED) is 0.605. The molecule has 0 bridgehead atoms. The molecule has 2 N–H and O–H groups in total. The Hall–Kier alpha value is -1.62. The number of nitro benzene ring substituents is 1. The molecule has 1 aromatic carbocycles. The van der Waals surface area contributed by atoms with E-state index >= 15 is 0 Å². The van der Waals surface area contributed by atoms with Crippen molar-refractivity contribution in [3.8, 4) is 0 Å². The van der Waals surface area contributed by atoms with Gasteiger partial charge in [-0.3, -0.25) is 10.1 Å². The summed E-state index contributed by atoms with van der Waals surface area (Å²) in [7, 11) is 0. The molecule has 92 valence electrons. The van der Waals surface area contributed by atoms with Crippen molar-refractivity contribution < 1.29 is 4.92 Å². The molecule has 5 nitrogen and oxygen atoms in total. The van der Waals surface area contributed by atoms with Crippen molar-refractivity contribution in [2.24, 2.45) is 5.92 Å². The average Bonchev–Trinajstić information content (AvgIpc) is 2.83. The van der Waals surface area contributed by atoms with Crippen LogP contribution >= 0.6 is 0 Å². The lowest BCUT2D eigenvalue weighted by atomic mass is 10.1. The zero-order valence-electron chi connectivity index (χ0n) is 9.69. The van der Waals surface area contributed by atoms with Crippen LogP contribution in [0, 0.1) is 16.0 Å². The minimum Gasteiger partial charge on any atom is -0.385 e. The molecular formula is C12H17N3O2. The molecule has 1 aliphatic heterocycles. The molecule has 1 unspecified atom stereocenters. The predicted molar refractivity (Wildman–Crippen MR) is 67.2 cm³/mol. The van der Waals surface area contributed by atoms with Crippen molar-refractivity contribution in [2.75, 3.05) is 25.0 Å². The zero-order valence-corrected chi connectivity index (χ0v) is 9.69. The Labute approximate surface area is 100 Å². The van der Waals surface area contributed by atoms with Crippen LogP contribution in [0.1, 0.15) is 12.8 Å². The number of non-ortho nitro benzene ring substituents is 1. The molecule has 5 heteroatoms. The van der Waals surface area contributed by atoms with Gasteiger partial charge in [-0.1, -0.05) is 0 Å². The van der Waals surface area contributed by atoms with Crippen LogP contribution in [0.4, 0.5) is 11.4 Å². The maximum absolute atomic E-state index is 10.5. The first-order chi connectivity index (χ1) is 8.25. The molecule has 0 radical (unpaired) electrons. The van der Waals surface area contributed by atoms with Gasteiger partial charge >= 0.3 is 0 Å². The zero-order chi connectivity index (χ0) is 12.1. The number of hydrogen-bond donors (Lipinski definition) is 2. The van der Waals surface area contributed by atoms with E-state index in [9.17, 15) is 10.1 Å². The minimum atomic E-state index is -0.381. The monoisotopic (exact) mass is 235 g/mol. The largest absolute Gasteiger partial charge is 0.385 e. The number of rotatable bonds is 5. The summed E-state index contributed by atoms with van der Waals surface area (Å²) in [5.74, 6) is 0.764. The van der Waals surface area contributed by atoms with Gasteiger partial charge in [-0.15, -0.1) is 0 Å². The Kier molecular flexibility index (Phi) is 3.93. The first-order valence-corrected chi connectivity index (χ1v) is 5.95. The molecule has 0 spiro atoms. The van der Waals surface area contributed by atoms with Gasteiger partial charge in [0, 0.05) is 24.4 Å². The van der Waals surface area contributed by atoms with Crippen LogP contribution in [0.25, 0.3) is 0 Å². The van der Waals surface area contributed by atoms with Crippen LogP contribution in [0.15, 0.2) is 24.3 Å². The van der Waals surface area contributed by atoms with Gasteiger partial charge in [0.05, 0.1) is 4.92 Å². The lowest BCUT2D eigenvalue weighted by Crippen LogP contribution is -2.12. The molecule has 1 fully saturated rings. The van der Waals surface area contributed by atoms with E-state index in [2.05, 4.69) is 10.6 Å². The summed E-state index contributed by atoms with van der Waals surface area (Å²) in [5, 5.41) is 17.1. The molecule has 0 amide bonds. The van der Waals surface area contributed by atoms with Crippen molar-refractivity contribution in [2.45, 2.75) is 12.8 Å². The van der Waals surface area contributed by atoms with Crippen molar-refractivity contribution in [1.82, 2.24) is 5.32 Å². The maximum Gasteiger partial charge on any atom is 0.269 e. The van der Waals surface area contributed by atoms with Crippen molar-refractivity contribution in [3.63, 3.8) is 0 Å². The van der Waals surface area contributed by atoms with E-state index in [1.54, 1.807) is 12.1 Å². The Morgan fingerprint density at radius 2 is 2.18 bits per heavy atom. The lowest BCUT2D eigenvalue weighted by Gasteiger charge is -2.10. The van der Waals surface area contributed by atoms with Crippen molar-refractivity contribution >= 4 is 11.4 Å². The van der Waals surface area contributed by atoms with Gasteiger partial charge in [-0.25, -0.2) is 0 Å². The fourth-order valence-electron chi connectivity index (χ4n) is 2.08. The Bertz CT molecular complexity index is 372. The topological polar surface area (TPSA) is 67.2 Å². The third-order valence-electron chi connectivity index (χ3n) is 3.12. The lowest BCUT2D eigenvalue weighted by molar-refractivity contribution is -0.384. The fourth-order valence-corrected chi connectivity index (χ4v) is 2.08. The highest BCUT2D eigenvalue weighted by Gasteiger charge is 2.13. The van der Waals surface area contributed by atoms with E-state index in [0.717, 1.165) is 37.7 Å². The van der Waals surface area contributed by atoms with Crippen LogP contribution in [0.2, 0.25) is 0 Å². The number of nitrogens with zero attached hydrogens (tertiary/aromatic N) is 1.